The van der Waals surface area contributed by atoms with Crippen LogP contribution >= 0.6 is 0 Å². The smallest absolute Gasteiger partial charge is 0.242 e. The van der Waals surface area contributed by atoms with Gasteiger partial charge in [0.15, 0.2) is 0 Å². The van der Waals surface area contributed by atoms with Crippen LogP contribution in [0.4, 0.5) is 0 Å². The van der Waals surface area contributed by atoms with E-state index < -0.39 is 12.1 Å². The lowest BCUT2D eigenvalue weighted by Gasteiger charge is -2.34. The van der Waals surface area contributed by atoms with E-state index >= 15 is 0 Å². The number of hydrogen-bond donors (Lipinski definition) is 2. The van der Waals surface area contributed by atoms with Crippen LogP contribution in [-0.4, -0.2) is 41.9 Å². The fraction of sp³-hybridized carbons (Fsp3) is 0.467. The highest BCUT2D eigenvalue weighted by molar-refractivity contribution is 5.90. The second-order valence-electron chi connectivity index (χ2n) is 5.13. The molecule has 2 amide bonds. The molecule has 2 rings (SSSR count). The Morgan fingerprint density at radius 3 is 2.85 bits per heavy atom. The molecular formula is C15H21N3O2. The van der Waals surface area contributed by atoms with Crippen molar-refractivity contribution < 1.29 is 9.59 Å². The predicted molar refractivity (Wildman–Crippen MR) is 76.9 cm³/mol. The summed E-state index contributed by atoms with van der Waals surface area (Å²) in [5, 5.41) is 2.74. The van der Waals surface area contributed by atoms with Crippen molar-refractivity contribution in [2.75, 3.05) is 13.1 Å². The van der Waals surface area contributed by atoms with Gasteiger partial charge in [-0.15, -0.1) is 0 Å². The number of nitrogens with one attached hydrogen (secondary N) is 1. The molecule has 2 unspecified atom stereocenters. The Morgan fingerprint density at radius 1 is 1.45 bits per heavy atom. The molecular weight excluding hydrogens is 254 g/mol. The second kappa shape index (κ2) is 6.52. The van der Waals surface area contributed by atoms with Crippen LogP contribution in [0, 0.1) is 0 Å². The first kappa shape index (κ1) is 14.5. The number of benzene rings is 1. The molecule has 1 saturated heterocycles. The summed E-state index contributed by atoms with van der Waals surface area (Å²) in [5.74, 6) is -0.247. The van der Waals surface area contributed by atoms with Gasteiger partial charge in [-0.05, 0) is 25.3 Å². The van der Waals surface area contributed by atoms with E-state index in [1.807, 2.05) is 30.3 Å². The monoisotopic (exact) mass is 275 g/mol. The van der Waals surface area contributed by atoms with Gasteiger partial charge in [-0.25, -0.2) is 0 Å². The first-order valence-electron chi connectivity index (χ1n) is 6.97. The number of aryl methyl sites for hydroxylation is 1. The Labute approximate surface area is 119 Å². The quantitative estimate of drug-likeness (QED) is 0.829. The highest BCUT2D eigenvalue weighted by Crippen LogP contribution is 2.10. The van der Waals surface area contributed by atoms with Crippen LogP contribution in [0.15, 0.2) is 30.3 Å². The van der Waals surface area contributed by atoms with Crippen LogP contribution in [0.25, 0.3) is 0 Å². The van der Waals surface area contributed by atoms with Gasteiger partial charge >= 0.3 is 0 Å². The van der Waals surface area contributed by atoms with Crippen molar-refractivity contribution >= 4 is 11.8 Å². The van der Waals surface area contributed by atoms with Crippen molar-refractivity contribution in [1.82, 2.24) is 10.2 Å². The third kappa shape index (κ3) is 3.36. The molecule has 5 heteroatoms. The lowest BCUT2D eigenvalue weighted by molar-refractivity contribution is -0.143. The van der Waals surface area contributed by atoms with Crippen molar-refractivity contribution in [2.45, 2.75) is 31.8 Å². The molecule has 108 valence electrons. The molecule has 0 spiro atoms. The Kier molecular flexibility index (Phi) is 4.74. The number of nitrogens with zero attached hydrogens (tertiary/aromatic N) is 1. The summed E-state index contributed by atoms with van der Waals surface area (Å²) >= 11 is 0. The fourth-order valence-electron chi connectivity index (χ4n) is 2.39. The number of piperazine rings is 1. The fourth-order valence-corrected chi connectivity index (χ4v) is 2.39. The number of hydrogen-bond acceptors (Lipinski definition) is 3. The standard InChI is InChI=1S/C15H21N3O2/c1-11-14(19)17-9-10-18(11)15(20)13(16)8-7-12-5-3-2-4-6-12/h2-6,11,13H,7-10,16H2,1H3,(H,17,19). The van der Waals surface area contributed by atoms with Crippen molar-refractivity contribution in [3.8, 4) is 0 Å². The minimum atomic E-state index is -0.552. The van der Waals surface area contributed by atoms with Crippen molar-refractivity contribution in [3.05, 3.63) is 35.9 Å². The number of amides is 2. The maximum absolute atomic E-state index is 12.3. The van der Waals surface area contributed by atoms with Crippen LogP contribution in [-0.2, 0) is 16.0 Å². The van der Waals surface area contributed by atoms with Crippen LogP contribution in [0.2, 0.25) is 0 Å². The topological polar surface area (TPSA) is 75.4 Å². The summed E-state index contributed by atoms with van der Waals surface area (Å²) in [6, 6.07) is 8.97. The zero-order valence-corrected chi connectivity index (χ0v) is 11.7. The first-order chi connectivity index (χ1) is 9.59. The maximum atomic E-state index is 12.3. The summed E-state index contributed by atoms with van der Waals surface area (Å²) in [7, 11) is 0. The molecule has 5 nitrogen and oxygen atoms in total. The first-order valence-corrected chi connectivity index (χ1v) is 6.97. The highest BCUT2D eigenvalue weighted by atomic mass is 16.2. The summed E-state index contributed by atoms with van der Waals surface area (Å²) < 4.78 is 0. The van der Waals surface area contributed by atoms with Crippen molar-refractivity contribution in [2.24, 2.45) is 5.73 Å². The van der Waals surface area contributed by atoms with Gasteiger partial charge in [0.05, 0.1) is 6.04 Å². The van der Waals surface area contributed by atoms with Gasteiger partial charge in [0, 0.05) is 13.1 Å². The molecule has 0 aliphatic carbocycles. The van der Waals surface area contributed by atoms with E-state index in [0.717, 1.165) is 6.42 Å². The van der Waals surface area contributed by atoms with Gasteiger partial charge in [0.25, 0.3) is 0 Å². The molecule has 20 heavy (non-hydrogen) atoms. The largest absolute Gasteiger partial charge is 0.353 e. The predicted octanol–water partition coefficient (Wildman–Crippen LogP) is 0.293. The Balaban J connectivity index is 1.90. The van der Waals surface area contributed by atoms with Gasteiger partial charge in [-0.2, -0.15) is 0 Å². The maximum Gasteiger partial charge on any atom is 0.242 e. The van der Waals surface area contributed by atoms with Crippen molar-refractivity contribution in [3.63, 3.8) is 0 Å². The summed E-state index contributed by atoms with van der Waals surface area (Å²) in [5.41, 5.74) is 7.15. The van der Waals surface area contributed by atoms with E-state index in [0.29, 0.717) is 19.5 Å². The van der Waals surface area contributed by atoms with E-state index in [1.165, 1.54) is 5.56 Å². The zero-order chi connectivity index (χ0) is 14.5. The van der Waals surface area contributed by atoms with Crippen LogP contribution in [0.3, 0.4) is 0 Å². The Hall–Kier alpha value is -1.88. The van der Waals surface area contributed by atoms with E-state index in [1.54, 1.807) is 11.8 Å². The Bertz CT molecular complexity index is 475. The highest BCUT2D eigenvalue weighted by Gasteiger charge is 2.31. The minimum Gasteiger partial charge on any atom is -0.353 e. The van der Waals surface area contributed by atoms with Gasteiger partial charge in [-0.3, -0.25) is 9.59 Å². The zero-order valence-electron chi connectivity index (χ0n) is 11.7. The molecule has 2 atom stereocenters. The van der Waals surface area contributed by atoms with Gasteiger partial charge in [0.2, 0.25) is 11.8 Å². The van der Waals surface area contributed by atoms with Gasteiger partial charge < -0.3 is 16.0 Å². The summed E-state index contributed by atoms with van der Waals surface area (Å²) in [6.07, 6.45) is 1.36. The number of carbonyl (C=O) groups is 2. The molecule has 1 aromatic carbocycles. The number of nitrogens with two attached hydrogens (primary N) is 1. The van der Waals surface area contributed by atoms with Crippen molar-refractivity contribution in [1.29, 1.82) is 0 Å². The van der Waals surface area contributed by atoms with E-state index in [-0.39, 0.29) is 11.8 Å². The average molecular weight is 275 g/mol. The third-order valence-electron chi connectivity index (χ3n) is 3.69. The normalized spacial score (nSPS) is 20.4. The van der Waals surface area contributed by atoms with Crippen LogP contribution < -0.4 is 11.1 Å². The molecule has 1 aromatic rings. The molecule has 3 N–H and O–H groups in total. The number of rotatable bonds is 4. The van der Waals surface area contributed by atoms with E-state index in [4.69, 9.17) is 5.73 Å². The lowest BCUT2D eigenvalue weighted by atomic mass is 10.0. The minimum absolute atomic E-state index is 0.111. The van der Waals surface area contributed by atoms with Crippen LogP contribution in [0.5, 0.6) is 0 Å². The van der Waals surface area contributed by atoms with Gasteiger partial charge in [0.1, 0.15) is 6.04 Å². The lowest BCUT2D eigenvalue weighted by Crippen LogP contribution is -2.59. The molecule has 0 bridgehead atoms. The van der Waals surface area contributed by atoms with E-state index in [9.17, 15) is 9.59 Å². The molecule has 1 heterocycles. The van der Waals surface area contributed by atoms with Gasteiger partial charge in [-0.1, -0.05) is 30.3 Å². The Morgan fingerprint density at radius 2 is 2.15 bits per heavy atom. The second-order valence-corrected chi connectivity index (χ2v) is 5.13. The molecule has 1 fully saturated rings. The van der Waals surface area contributed by atoms with Crippen LogP contribution in [0.1, 0.15) is 18.9 Å². The third-order valence-corrected chi connectivity index (χ3v) is 3.69. The SMILES string of the molecule is CC1C(=O)NCCN1C(=O)C(N)CCc1ccccc1. The molecule has 1 aliphatic heterocycles. The van der Waals surface area contributed by atoms with E-state index in [2.05, 4.69) is 5.32 Å². The average Bonchev–Trinajstić information content (AvgIpc) is 2.48. The summed E-state index contributed by atoms with van der Waals surface area (Å²) in [6.45, 7) is 2.77. The molecule has 0 saturated carbocycles. The number of carbonyl (C=O) groups excluding carboxylic acids is 2. The molecule has 0 aromatic heterocycles. The summed E-state index contributed by atoms with van der Waals surface area (Å²) in [4.78, 5) is 25.4. The molecule has 0 radical (unpaired) electrons. The molecule has 1 aliphatic rings.